The Labute approximate surface area is 169 Å². The second-order valence-electron chi connectivity index (χ2n) is 6.84. The summed E-state index contributed by atoms with van der Waals surface area (Å²) in [5.41, 5.74) is 4.78. The molecule has 1 aromatic heterocycles. The smallest absolute Gasteiger partial charge is 0.135 e. The van der Waals surface area contributed by atoms with Crippen molar-refractivity contribution in [3.63, 3.8) is 0 Å². The predicted molar refractivity (Wildman–Crippen MR) is 112 cm³/mol. The first-order valence-corrected chi connectivity index (χ1v) is 9.60. The molecule has 0 saturated heterocycles. The van der Waals surface area contributed by atoms with E-state index in [1.54, 1.807) is 0 Å². The summed E-state index contributed by atoms with van der Waals surface area (Å²) in [4.78, 5) is 11.7. The first kappa shape index (κ1) is 18.2. The van der Waals surface area contributed by atoms with E-state index in [0.29, 0.717) is 16.6 Å². The van der Waals surface area contributed by atoms with Crippen molar-refractivity contribution < 1.29 is 0 Å². The molecule has 0 aliphatic carbocycles. The van der Waals surface area contributed by atoms with Gasteiger partial charge in [-0.05, 0) is 26.2 Å². The molecule has 138 valence electrons. The molecule has 0 radical (unpaired) electrons. The fraction of sp³-hybridized carbons (Fsp3) is 0.238. The molecule has 2 heterocycles. The zero-order valence-electron chi connectivity index (χ0n) is 15.3. The minimum Gasteiger partial charge on any atom is -0.309 e. The number of aliphatic imine (C=N–C) groups is 1. The highest BCUT2D eigenvalue weighted by atomic mass is 35.5. The number of para-hydroxylation sites is 1. The van der Waals surface area contributed by atoms with Crippen LogP contribution < -0.4 is 0 Å². The number of hydrogen-bond donors (Lipinski definition) is 0. The van der Waals surface area contributed by atoms with Crippen LogP contribution in [0.3, 0.4) is 0 Å². The van der Waals surface area contributed by atoms with Crippen molar-refractivity contribution in [2.45, 2.75) is 13.0 Å². The van der Waals surface area contributed by atoms with Gasteiger partial charge in [0.05, 0.1) is 23.0 Å². The number of halogens is 2. The summed E-state index contributed by atoms with van der Waals surface area (Å²) in [6.45, 7) is 1.41. The molecule has 0 N–H and O–H groups in total. The van der Waals surface area contributed by atoms with Gasteiger partial charge in [-0.3, -0.25) is 9.56 Å². The van der Waals surface area contributed by atoms with E-state index in [1.807, 2.05) is 48.7 Å². The average molecular weight is 399 g/mol. The van der Waals surface area contributed by atoms with Crippen LogP contribution in [0.4, 0.5) is 0 Å². The van der Waals surface area contributed by atoms with Crippen LogP contribution in [0.1, 0.15) is 22.6 Å². The first-order chi connectivity index (χ1) is 13.1. The average Bonchev–Trinajstić information content (AvgIpc) is 2.96. The number of rotatable bonds is 4. The molecule has 0 amide bonds. The third kappa shape index (κ3) is 3.41. The van der Waals surface area contributed by atoms with Gasteiger partial charge in [0.15, 0.2) is 0 Å². The molecule has 0 spiro atoms. The molecule has 0 saturated carbocycles. The number of fused-ring (bicyclic) bond motifs is 3. The molecular formula is C21H20Cl2N4. The Balaban J connectivity index is 1.91. The van der Waals surface area contributed by atoms with Gasteiger partial charge in [-0.15, -0.1) is 0 Å². The third-order valence-corrected chi connectivity index (χ3v) is 5.33. The molecule has 0 fully saturated rings. The van der Waals surface area contributed by atoms with Crippen LogP contribution in [0, 0.1) is 0 Å². The highest BCUT2D eigenvalue weighted by Crippen LogP contribution is 2.33. The Morgan fingerprint density at radius 1 is 1.00 bits per heavy atom. The van der Waals surface area contributed by atoms with Gasteiger partial charge < -0.3 is 4.90 Å². The number of nitrogens with zero attached hydrogens (tertiary/aromatic N) is 4. The number of hydrogen-bond acceptors (Lipinski definition) is 3. The molecule has 0 bridgehead atoms. The van der Waals surface area contributed by atoms with Gasteiger partial charge in [-0.1, -0.05) is 53.5 Å². The van der Waals surface area contributed by atoms with Crippen molar-refractivity contribution >= 4 is 28.9 Å². The van der Waals surface area contributed by atoms with Crippen LogP contribution in [-0.4, -0.2) is 40.8 Å². The predicted octanol–water partition coefficient (Wildman–Crippen LogP) is 4.63. The fourth-order valence-corrected chi connectivity index (χ4v) is 3.87. The van der Waals surface area contributed by atoms with Crippen LogP contribution in [0.15, 0.2) is 53.7 Å². The summed E-state index contributed by atoms with van der Waals surface area (Å²) in [6.07, 6.45) is 2.81. The first-order valence-electron chi connectivity index (χ1n) is 8.85. The molecule has 0 unspecified atom stereocenters. The second-order valence-corrected chi connectivity index (χ2v) is 7.65. The van der Waals surface area contributed by atoms with Gasteiger partial charge in [0.2, 0.25) is 0 Å². The largest absolute Gasteiger partial charge is 0.309 e. The maximum atomic E-state index is 6.68. The van der Waals surface area contributed by atoms with Gasteiger partial charge in [-0.2, -0.15) is 0 Å². The van der Waals surface area contributed by atoms with Crippen molar-refractivity contribution in [2.75, 3.05) is 20.6 Å². The molecule has 4 nitrogen and oxygen atoms in total. The van der Waals surface area contributed by atoms with Gasteiger partial charge in [0, 0.05) is 41.0 Å². The Morgan fingerprint density at radius 3 is 2.52 bits per heavy atom. The standard InChI is InChI=1S/C21H20Cl2N4/c1-26(2)11-10-14-12-24-19-13-25-20(15-6-3-4-8-17(15)22)16-7-5-9-18(23)21(16)27(14)19/h3-9,12H,10-11,13H2,1-2H3. The molecule has 27 heavy (non-hydrogen) atoms. The molecule has 6 heteroatoms. The van der Waals surface area contributed by atoms with E-state index in [0.717, 1.165) is 47.0 Å². The Bertz CT molecular complexity index is 1020. The second kappa shape index (κ2) is 7.47. The Hall–Kier alpha value is -2.14. The molecule has 1 aliphatic heterocycles. The highest BCUT2D eigenvalue weighted by molar-refractivity contribution is 6.37. The highest BCUT2D eigenvalue weighted by Gasteiger charge is 2.24. The van der Waals surface area contributed by atoms with Crippen molar-refractivity contribution in [2.24, 2.45) is 4.99 Å². The lowest BCUT2D eigenvalue weighted by Gasteiger charge is -2.17. The van der Waals surface area contributed by atoms with Gasteiger partial charge in [-0.25, -0.2) is 4.98 Å². The third-order valence-electron chi connectivity index (χ3n) is 4.70. The normalized spacial score (nSPS) is 13.1. The van der Waals surface area contributed by atoms with E-state index in [4.69, 9.17) is 28.2 Å². The summed E-state index contributed by atoms with van der Waals surface area (Å²) in [5, 5.41) is 1.36. The zero-order valence-corrected chi connectivity index (χ0v) is 16.8. The molecule has 2 aromatic carbocycles. The van der Waals surface area contributed by atoms with Gasteiger partial charge in [0.25, 0.3) is 0 Å². The SMILES string of the molecule is CN(C)CCc1cnc2n1-c1c(Cl)cccc1C(c1ccccc1Cl)=NC2. The van der Waals surface area contributed by atoms with Crippen LogP contribution in [0.5, 0.6) is 0 Å². The van der Waals surface area contributed by atoms with E-state index in [-0.39, 0.29) is 0 Å². The lowest BCUT2D eigenvalue weighted by Crippen LogP contribution is -2.17. The lowest BCUT2D eigenvalue weighted by molar-refractivity contribution is 0.410. The summed E-state index contributed by atoms with van der Waals surface area (Å²) in [5.74, 6) is 0.889. The van der Waals surface area contributed by atoms with Crippen LogP contribution in [0.2, 0.25) is 10.0 Å². The summed E-state index contributed by atoms with van der Waals surface area (Å²) in [7, 11) is 4.14. The van der Waals surface area contributed by atoms with E-state index >= 15 is 0 Å². The monoisotopic (exact) mass is 398 g/mol. The van der Waals surface area contributed by atoms with E-state index in [9.17, 15) is 0 Å². The Morgan fingerprint density at radius 2 is 1.74 bits per heavy atom. The molecule has 1 aliphatic rings. The number of imidazole rings is 1. The maximum absolute atomic E-state index is 6.68. The minimum absolute atomic E-state index is 0.480. The summed E-state index contributed by atoms with van der Waals surface area (Å²) >= 11 is 13.2. The summed E-state index contributed by atoms with van der Waals surface area (Å²) in [6, 6.07) is 13.7. The molecule has 3 aromatic rings. The molecular weight excluding hydrogens is 379 g/mol. The summed E-state index contributed by atoms with van der Waals surface area (Å²) < 4.78 is 2.16. The van der Waals surface area contributed by atoms with E-state index in [1.165, 1.54) is 0 Å². The maximum Gasteiger partial charge on any atom is 0.135 e. The number of benzene rings is 2. The van der Waals surface area contributed by atoms with E-state index in [2.05, 4.69) is 28.5 Å². The fourth-order valence-electron chi connectivity index (χ4n) is 3.38. The van der Waals surface area contributed by atoms with Crippen LogP contribution in [0.25, 0.3) is 5.69 Å². The zero-order chi connectivity index (χ0) is 19.0. The van der Waals surface area contributed by atoms with Crippen LogP contribution in [-0.2, 0) is 13.0 Å². The quantitative estimate of drug-likeness (QED) is 0.641. The molecule has 0 atom stereocenters. The van der Waals surface area contributed by atoms with Crippen LogP contribution >= 0.6 is 23.2 Å². The Kier molecular flexibility index (Phi) is 5.04. The van der Waals surface area contributed by atoms with Gasteiger partial charge in [0.1, 0.15) is 5.82 Å². The van der Waals surface area contributed by atoms with Crippen molar-refractivity contribution in [3.05, 3.63) is 81.4 Å². The van der Waals surface area contributed by atoms with Crippen molar-refractivity contribution in [1.29, 1.82) is 0 Å². The van der Waals surface area contributed by atoms with Crippen molar-refractivity contribution in [3.8, 4) is 5.69 Å². The van der Waals surface area contributed by atoms with Crippen molar-refractivity contribution in [1.82, 2.24) is 14.5 Å². The molecule has 4 rings (SSSR count). The topological polar surface area (TPSA) is 33.4 Å². The number of aromatic nitrogens is 2. The number of likely N-dealkylation sites (N-methyl/N-ethyl adjacent to an activating group) is 1. The lowest BCUT2D eigenvalue weighted by atomic mass is 10.00. The van der Waals surface area contributed by atoms with E-state index < -0.39 is 0 Å². The minimum atomic E-state index is 0.480. The van der Waals surface area contributed by atoms with Gasteiger partial charge >= 0.3 is 0 Å².